The fourth-order valence-electron chi connectivity index (χ4n) is 2.46. The number of hydrogen-bond donors (Lipinski definition) is 2. The van der Waals surface area contributed by atoms with Crippen molar-refractivity contribution in [3.8, 4) is 22.9 Å². The third-order valence-electron chi connectivity index (χ3n) is 3.51. The average molecular weight is 301 g/mol. The zero-order chi connectivity index (χ0) is 15.7. The molecule has 0 saturated carbocycles. The van der Waals surface area contributed by atoms with Crippen molar-refractivity contribution in [3.05, 3.63) is 47.5 Å². The number of nitriles is 1. The highest BCUT2D eigenvalue weighted by Gasteiger charge is 2.24. The molecule has 1 unspecified atom stereocenters. The summed E-state index contributed by atoms with van der Waals surface area (Å²) in [5.41, 5.74) is 7.04. The highest BCUT2D eigenvalue weighted by Crippen LogP contribution is 2.41. The molecule has 112 valence electrons. The minimum absolute atomic E-state index is 0.117. The smallest absolute Gasteiger partial charge is 0.151 e. The summed E-state index contributed by atoms with van der Waals surface area (Å²) < 4.78 is 33.0. The van der Waals surface area contributed by atoms with Crippen molar-refractivity contribution in [3.63, 3.8) is 0 Å². The van der Waals surface area contributed by atoms with Crippen LogP contribution >= 0.6 is 0 Å². The maximum absolute atomic E-state index is 13.9. The molecule has 3 rings (SSSR count). The molecule has 6 heteroatoms. The summed E-state index contributed by atoms with van der Waals surface area (Å²) in [7, 11) is 0. The number of ether oxygens (including phenoxy) is 1. The Kier molecular flexibility index (Phi) is 3.65. The van der Waals surface area contributed by atoms with Gasteiger partial charge in [0.1, 0.15) is 17.7 Å². The molecule has 0 aliphatic carbocycles. The van der Waals surface area contributed by atoms with Crippen LogP contribution in [0.25, 0.3) is 11.1 Å². The number of nitrogens with two attached hydrogens (primary N) is 1. The molecule has 4 nitrogen and oxygen atoms in total. The number of rotatable bonds is 2. The normalized spacial score (nSPS) is 16.2. The average Bonchev–Trinajstić information content (AvgIpc) is 2.53. The van der Waals surface area contributed by atoms with Crippen LogP contribution in [0.15, 0.2) is 30.3 Å². The predicted octanol–water partition coefficient (Wildman–Crippen LogP) is 2.64. The zero-order valence-corrected chi connectivity index (χ0v) is 11.6. The minimum Gasteiger partial charge on any atom is -0.484 e. The molecular weight excluding hydrogens is 288 g/mol. The SMILES string of the molecule is N#Cc1cc(F)ccc1-c1cc(F)cc2c1OC(CN)CN2. The van der Waals surface area contributed by atoms with Crippen molar-refractivity contribution in [1.29, 1.82) is 5.26 Å². The topological polar surface area (TPSA) is 71.1 Å². The standard InChI is InChI=1S/C16H13F2N3O/c17-10-1-2-13(9(3-10)6-19)14-4-11(18)5-15-16(14)22-12(7-20)8-21-15/h1-5,12,21H,7-8,20H2. The predicted molar refractivity (Wildman–Crippen MR) is 78.5 cm³/mol. The number of fused-ring (bicyclic) bond motifs is 1. The minimum atomic E-state index is -0.524. The second-order valence-electron chi connectivity index (χ2n) is 4.99. The molecule has 0 fully saturated rings. The van der Waals surface area contributed by atoms with E-state index in [1.165, 1.54) is 24.3 Å². The van der Waals surface area contributed by atoms with E-state index in [0.29, 0.717) is 35.7 Å². The maximum Gasteiger partial charge on any atom is 0.151 e. The van der Waals surface area contributed by atoms with E-state index in [-0.39, 0.29) is 11.7 Å². The van der Waals surface area contributed by atoms with Gasteiger partial charge in [0.2, 0.25) is 0 Å². The van der Waals surface area contributed by atoms with Crippen LogP contribution in [0.2, 0.25) is 0 Å². The van der Waals surface area contributed by atoms with Crippen molar-refractivity contribution >= 4 is 5.69 Å². The van der Waals surface area contributed by atoms with Gasteiger partial charge in [0.25, 0.3) is 0 Å². The number of nitrogens with zero attached hydrogens (tertiary/aromatic N) is 1. The van der Waals surface area contributed by atoms with Crippen LogP contribution < -0.4 is 15.8 Å². The van der Waals surface area contributed by atoms with Crippen LogP contribution in [0, 0.1) is 23.0 Å². The van der Waals surface area contributed by atoms with Gasteiger partial charge in [-0.25, -0.2) is 8.78 Å². The summed E-state index contributed by atoms with van der Waals surface area (Å²) in [5.74, 6) is -0.570. The van der Waals surface area contributed by atoms with E-state index in [9.17, 15) is 14.0 Å². The van der Waals surface area contributed by atoms with Gasteiger partial charge in [-0.15, -0.1) is 0 Å². The van der Waals surface area contributed by atoms with Gasteiger partial charge in [-0.3, -0.25) is 0 Å². The summed E-state index contributed by atoms with van der Waals surface area (Å²) >= 11 is 0. The van der Waals surface area contributed by atoms with E-state index in [4.69, 9.17) is 10.5 Å². The molecule has 0 saturated heterocycles. The van der Waals surface area contributed by atoms with E-state index >= 15 is 0 Å². The largest absolute Gasteiger partial charge is 0.484 e. The Morgan fingerprint density at radius 1 is 1.23 bits per heavy atom. The molecule has 1 atom stereocenters. The van der Waals surface area contributed by atoms with Crippen LogP contribution in [0.5, 0.6) is 5.75 Å². The second-order valence-corrected chi connectivity index (χ2v) is 4.99. The first kappa shape index (κ1) is 14.3. The lowest BCUT2D eigenvalue weighted by atomic mass is 9.97. The lowest BCUT2D eigenvalue weighted by molar-refractivity contribution is 0.215. The van der Waals surface area contributed by atoms with Gasteiger partial charge in [-0.1, -0.05) is 6.07 Å². The fourth-order valence-corrected chi connectivity index (χ4v) is 2.46. The summed E-state index contributed by atoms with van der Waals surface area (Å²) in [6.45, 7) is 0.776. The molecule has 0 radical (unpaired) electrons. The first-order valence-corrected chi connectivity index (χ1v) is 6.76. The lowest BCUT2D eigenvalue weighted by Crippen LogP contribution is -2.37. The Labute approximate surface area is 126 Å². The third kappa shape index (κ3) is 2.47. The fraction of sp³-hybridized carbons (Fsp3) is 0.188. The molecule has 1 aliphatic heterocycles. The Bertz CT molecular complexity index is 771. The third-order valence-corrected chi connectivity index (χ3v) is 3.51. The van der Waals surface area contributed by atoms with Crippen molar-refractivity contribution in [2.75, 3.05) is 18.4 Å². The zero-order valence-electron chi connectivity index (χ0n) is 11.6. The van der Waals surface area contributed by atoms with Crippen molar-refractivity contribution in [2.45, 2.75) is 6.10 Å². The number of hydrogen-bond acceptors (Lipinski definition) is 4. The van der Waals surface area contributed by atoms with Crippen molar-refractivity contribution < 1.29 is 13.5 Å². The second kappa shape index (κ2) is 5.62. The summed E-state index contributed by atoms with van der Waals surface area (Å²) in [5, 5.41) is 12.3. The van der Waals surface area contributed by atoms with Gasteiger partial charge in [-0.2, -0.15) is 5.26 Å². The van der Waals surface area contributed by atoms with Gasteiger partial charge < -0.3 is 15.8 Å². The van der Waals surface area contributed by atoms with E-state index in [0.717, 1.165) is 6.07 Å². The molecule has 0 aromatic heterocycles. The van der Waals surface area contributed by atoms with E-state index < -0.39 is 11.6 Å². The first-order chi connectivity index (χ1) is 10.6. The van der Waals surface area contributed by atoms with Gasteiger partial charge in [0, 0.05) is 23.7 Å². The monoisotopic (exact) mass is 301 g/mol. The maximum atomic E-state index is 13.9. The van der Waals surface area contributed by atoms with E-state index in [1.54, 1.807) is 0 Å². The molecular formula is C16H13F2N3O. The Hall–Kier alpha value is -2.65. The highest BCUT2D eigenvalue weighted by atomic mass is 19.1. The molecule has 0 spiro atoms. The molecule has 1 aliphatic rings. The number of anilines is 1. The molecule has 22 heavy (non-hydrogen) atoms. The Balaban J connectivity index is 2.20. The molecule has 2 aromatic rings. The lowest BCUT2D eigenvalue weighted by Gasteiger charge is -2.28. The summed E-state index contributed by atoms with van der Waals surface area (Å²) in [6.07, 6.45) is -0.248. The quantitative estimate of drug-likeness (QED) is 0.894. The van der Waals surface area contributed by atoms with E-state index in [1.807, 2.05) is 6.07 Å². The summed E-state index contributed by atoms with van der Waals surface area (Å²) in [4.78, 5) is 0. The van der Waals surface area contributed by atoms with Crippen LogP contribution in [0.4, 0.5) is 14.5 Å². The molecule has 2 aromatic carbocycles. The van der Waals surface area contributed by atoms with Crippen LogP contribution in [0.3, 0.4) is 0 Å². The summed E-state index contributed by atoms with van der Waals surface area (Å²) in [6, 6.07) is 8.30. The van der Waals surface area contributed by atoms with Gasteiger partial charge in [0.15, 0.2) is 5.75 Å². The molecule has 1 heterocycles. The van der Waals surface area contributed by atoms with Crippen LogP contribution in [0.1, 0.15) is 5.56 Å². The van der Waals surface area contributed by atoms with Crippen LogP contribution in [-0.4, -0.2) is 19.2 Å². The van der Waals surface area contributed by atoms with Gasteiger partial charge >= 0.3 is 0 Å². The molecule has 0 bridgehead atoms. The Morgan fingerprint density at radius 3 is 2.77 bits per heavy atom. The highest BCUT2D eigenvalue weighted by molar-refractivity contribution is 5.82. The van der Waals surface area contributed by atoms with Crippen molar-refractivity contribution in [1.82, 2.24) is 0 Å². The number of nitrogens with one attached hydrogen (secondary N) is 1. The molecule has 3 N–H and O–H groups in total. The van der Waals surface area contributed by atoms with E-state index in [2.05, 4.69) is 5.32 Å². The number of benzene rings is 2. The first-order valence-electron chi connectivity index (χ1n) is 6.76. The number of halogens is 2. The van der Waals surface area contributed by atoms with Gasteiger partial charge in [-0.05, 0) is 18.2 Å². The van der Waals surface area contributed by atoms with Crippen molar-refractivity contribution in [2.24, 2.45) is 5.73 Å². The van der Waals surface area contributed by atoms with Crippen LogP contribution in [-0.2, 0) is 0 Å². The van der Waals surface area contributed by atoms with Gasteiger partial charge in [0.05, 0.1) is 23.9 Å². The molecule has 0 amide bonds. The Morgan fingerprint density at radius 2 is 2.05 bits per heavy atom.